The third-order valence-corrected chi connectivity index (χ3v) is 5.27. The normalized spacial score (nSPS) is 31.6. The Morgan fingerprint density at radius 1 is 1.16 bits per heavy atom. The van der Waals surface area contributed by atoms with Crippen LogP contribution in [0.4, 0.5) is 0 Å². The van der Waals surface area contributed by atoms with Crippen molar-refractivity contribution in [3.05, 3.63) is 0 Å². The van der Waals surface area contributed by atoms with Gasteiger partial charge in [-0.05, 0) is 44.1 Å². The lowest BCUT2D eigenvalue weighted by atomic mass is 9.83. The van der Waals surface area contributed by atoms with E-state index in [1.54, 1.807) is 0 Å². The molecule has 2 aliphatic rings. The molecule has 112 valence electrons. The Hall–Kier alpha value is -0.120. The maximum Gasteiger partial charge on any atom is 0.0616 e. The number of likely N-dealkylation sites (N-methyl/N-ethyl adjacent to an activating group) is 1. The molecule has 2 N–H and O–H groups in total. The van der Waals surface area contributed by atoms with Crippen LogP contribution in [0.25, 0.3) is 0 Å². The van der Waals surface area contributed by atoms with Crippen LogP contribution in [0, 0.1) is 11.8 Å². The van der Waals surface area contributed by atoms with Crippen LogP contribution in [0.15, 0.2) is 0 Å². The van der Waals surface area contributed by atoms with Gasteiger partial charge in [-0.1, -0.05) is 32.6 Å². The van der Waals surface area contributed by atoms with Crippen molar-refractivity contribution < 1.29 is 9.84 Å². The molecule has 0 bridgehead atoms. The van der Waals surface area contributed by atoms with Gasteiger partial charge in [-0.15, -0.1) is 0 Å². The van der Waals surface area contributed by atoms with Crippen molar-refractivity contribution in [2.75, 3.05) is 26.4 Å². The molecule has 0 heterocycles. The third-order valence-electron chi connectivity index (χ3n) is 5.27. The Bertz CT molecular complexity index is 255. The minimum absolute atomic E-state index is 0.0217. The van der Waals surface area contributed by atoms with Crippen molar-refractivity contribution in [3.8, 4) is 0 Å². The molecule has 3 nitrogen and oxygen atoms in total. The summed E-state index contributed by atoms with van der Waals surface area (Å²) in [7, 11) is 0. The summed E-state index contributed by atoms with van der Waals surface area (Å²) in [6.07, 6.45) is 10.2. The van der Waals surface area contributed by atoms with Crippen molar-refractivity contribution in [2.24, 2.45) is 11.8 Å². The fourth-order valence-electron chi connectivity index (χ4n) is 3.77. The summed E-state index contributed by atoms with van der Waals surface area (Å²) >= 11 is 0. The zero-order valence-electron chi connectivity index (χ0n) is 12.5. The summed E-state index contributed by atoms with van der Waals surface area (Å²) in [5.74, 6) is 1.53. The van der Waals surface area contributed by atoms with Crippen LogP contribution >= 0.6 is 0 Å². The maximum atomic E-state index is 9.73. The van der Waals surface area contributed by atoms with Gasteiger partial charge in [0.2, 0.25) is 0 Å². The van der Waals surface area contributed by atoms with E-state index in [4.69, 9.17) is 4.74 Å². The highest BCUT2D eigenvalue weighted by molar-refractivity contribution is 4.98. The fourth-order valence-corrected chi connectivity index (χ4v) is 3.77. The van der Waals surface area contributed by atoms with Gasteiger partial charge in [0, 0.05) is 18.8 Å². The number of rotatable bonds is 9. The molecule has 19 heavy (non-hydrogen) atoms. The maximum absolute atomic E-state index is 9.73. The Morgan fingerprint density at radius 3 is 2.58 bits per heavy atom. The predicted molar refractivity (Wildman–Crippen MR) is 78.2 cm³/mol. The molecule has 2 saturated carbocycles. The molecular weight excluding hydrogens is 238 g/mol. The van der Waals surface area contributed by atoms with E-state index in [0.29, 0.717) is 5.92 Å². The number of ether oxygens (including phenoxy) is 1. The molecule has 0 aromatic carbocycles. The number of hydrogen-bond donors (Lipinski definition) is 2. The van der Waals surface area contributed by atoms with Gasteiger partial charge in [-0.25, -0.2) is 0 Å². The Balaban J connectivity index is 1.62. The topological polar surface area (TPSA) is 41.5 Å². The van der Waals surface area contributed by atoms with Gasteiger partial charge in [0.15, 0.2) is 0 Å². The molecule has 0 aliphatic heterocycles. The number of nitrogens with one attached hydrogen (secondary N) is 1. The molecule has 0 radical (unpaired) electrons. The SMILES string of the molecule is CCNC1(CO)CCCC1CCOCCC1CCC1. The molecule has 3 heteroatoms. The second-order valence-corrected chi connectivity index (χ2v) is 6.42. The van der Waals surface area contributed by atoms with E-state index in [-0.39, 0.29) is 12.1 Å². The summed E-state index contributed by atoms with van der Waals surface area (Å²) in [6, 6.07) is 0. The quantitative estimate of drug-likeness (QED) is 0.632. The summed E-state index contributed by atoms with van der Waals surface area (Å²) < 4.78 is 5.81. The van der Waals surface area contributed by atoms with E-state index in [9.17, 15) is 5.11 Å². The first-order valence-electron chi connectivity index (χ1n) is 8.24. The molecule has 0 saturated heterocycles. The zero-order valence-corrected chi connectivity index (χ0v) is 12.5. The summed E-state index contributed by atoms with van der Waals surface area (Å²) in [4.78, 5) is 0. The average molecular weight is 269 g/mol. The summed E-state index contributed by atoms with van der Waals surface area (Å²) in [5, 5.41) is 13.3. The van der Waals surface area contributed by atoms with Crippen molar-refractivity contribution >= 4 is 0 Å². The molecular formula is C16H31NO2. The molecule has 2 fully saturated rings. The number of aliphatic hydroxyl groups is 1. The standard InChI is InChI=1S/C16H31NO2/c1-2-17-16(13-18)10-4-7-15(16)9-12-19-11-8-14-5-3-6-14/h14-15,17-18H,2-13H2,1H3. The van der Waals surface area contributed by atoms with E-state index >= 15 is 0 Å². The largest absolute Gasteiger partial charge is 0.394 e. The fraction of sp³-hybridized carbons (Fsp3) is 1.00. The van der Waals surface area contributed by atoms with Crippen LogP contribution in [0.2, 0.25) is 0 Å². The minimum Gasteiger partial charge on any atom is -0.394 e. The lowest BCUT2D eigenvalue weighted by Gasteiger charge is -2.35. The average Bonchev–Trinajstić information content (AvgIpc) is 2.75. The number of hydrogen-bond acceptors (Lipinski definition) is 3. The number of aliphatic hydroxyl groups excluding tert-OH is 1. The van der Waals surface area contributed by atoms with Gasteiger partial charge in [-0.2, -0.15) is 0 Å². The molecule has 2 atom stereocenters. The zero-order chi connectivity index (χ0) is 13.6. The molecule has 2 rings (SSSR count). The van der Waals surface area contributed by atoms with Crippen LogP contribution in [-0.2, 0) is 4.74 Å². The predicted octanol–water partition coefficient (Wildman–Crippen LogP) is 2.72. The third kappa shape index (κ3) is 3.93. The van der Waals surface area contributed by atoms with Gasteiger partial charge in [0.05, 0.1) is 6.61 Å². The molecule has 2 aliphatic carbocycles. The first-order valence-corrected chi connectivity index (χ1v) is 8.24. The van der Waals surface area contributed by atoms with Gasteiger partial charge in [-0.3, -0.25) is 0 Å². The lowest BCUT2D eigenvalue weighted by molar-refractivity contribution is 0.0692. The molecule has 0 spiro atoms. The Labute approximate surface area is 118 Å². The Morgan fingerprint density at radius 2 is 1.95 bits per heavy atom. The van der Waals surface area contributed by atoms with E-state index in [1.807, 2.05) is 0 Å². The summed E-state index contributed by atoms with van der Waals surface area (Å²) in [5.41, 5.74) is -0.0217. The lowest BCUT2D eigenvalue weighted by Crippen LogP contribution is -2.51. The monoisotopic (exact) mass is 269 g/mol. The van der Waals surface area contributed by atoms with E-state index in [2.05, 4.69) is 12.2 Å². The van der Waals surface area contributed by atoms with Crippen LogP contribution in [0.1, 0.15) is 58.3 Å². The molecule has 0 aromatic rings. The first kappa shape index (κ1) is 15.3. The molecule has 0 aromatic heterocycles. The van der Waals surface area contributed by atoms with E-state index in [1.165, 1.54) is 38.5 Å². The van der Waals surface area contributed by atoms with Gasteiger partial charge in [0.1, 0.15) is 0 Å². The highest BCUT2D eigenvalue weighted by Gasteiger charge is 2.41. The van der Waals surface area contributed by atoms with Crippen LogP contribution in [0.3, 0.4) is 0 Å². The summed E-state index contributed by atoms with van der Waals surface area (Å²) in [6.45, 7) is 5.14. The van der Waals surface area contributed by atoms with Crippen LogP contribution in [0.5, 0.6) is 0 Å². The van der Waals surface area contributed by atoms with Crippen molar-refractivity contribution in [3.63, 3.8) is 0 Å². The van der Waals surface area contributed by atoms with Crippen LogP contribution < -0.4 is 5.32 Å². The molecule has 2 unspecified atom stereocenters. The van der Waals surface area contributed by atoms with E-state index in [0.717, 1.165) is 38.5 Å². The van der Waals surface area contributed by atoms with Crippen molar-refractivity contribution in [2.45, 2.75) is 63.8 Å². The second kappa shape index (κ2) is 7.61. The smallest absolute Gasteiger partial charge is 0.0616 e. The van der Waals surface area contributed by atoms with Crippen molar-refractivity contribution in [1.29, 1.82) is 0 Å². The Kier molecular flexibility index (Phi) is 6.11. The highest BCUT2D eigenvalue weighted by atomic mass is 16.5. The van der Waals surface area contributed by atoms with Gasteiger partial charge in [0.25, 0.3) is 0 Å². The van der Waals surface area contributed by atoms with Gasteiger partial charge < -0.3 is 15.2 Å². The molecule has 0 amide bonds. The minimum atomic E-state index is -0.0217. The van der Waals surface area contributed by atoms with E-state index < -0.39 is 0 Å². The first-order chi connectivity index (χ1) is 9.30. The van der Waals surface area contributed by atoms with Crippen LogP contribution in [-0.4, -0.2) is 37.0 Å². The highest BCUT2D eigenvalue weighted by Crippen LogP contribution is 2.37. The van der Waals surface area contributed by atoms with Crippen molar-refractivity contribution in [1.82, 2.24) is 5.32 Å². The second-order valence-electron chi connectivity index (χ2n) is 6.42. The van der Waals surface area contributed by atoms with Gasteiger partial charge >= 0.3 is 0 Å².